The first-order valence-electron chi connectivity index (χ1n) is 2.22. The van der Waals surface area contributed by atoms with Crippen LogP contribution in [-0.2, 0) is 0 Å². The highest BCUT2D eigenvalue weighted by atomic mass is 32.2. The third-order valence-electron chi connectivity index (χ3n) is 0.771. The second kappa shape index (κ2) is 3.02. The van der Waals surface area contributed by atoms with Crippen LogP contribution < -0.4 is 16.1 Å². The van der Waals surface area contributed by atoms with Crippen molar-refractivity contribution in [3.63, 3.8) is 0 Å². The maximum atomic E-state index is 5.04. The zero-order valence-electron chi connectivity index (χ0n) is 4.50. The average Bonchev–Trinajstić information content (AvgIpc) is 2.37. The Morgan fingerprint density at radius 3 is 3.11 bits per heavy atom. The van der Waals surface area contributed by atoms with Gasteiger partial charge < -0.3 is 0 Å². The van der Waals surface area contributed by atoms with Crippen molar-refractivity contribution in [2.24, 2.45) is 5.84 Å². The van der Waals surface area contributed by atoms with Crippen molar-refractivity contribution in [2.45, 2.75) is 0 Å². The average molecular weight is 162 g/mol. The summed E-state index contributed by atoms with van der Waals surface area (Å²) in [5.41, 5.74) is 2.34. The highest BCUT2D eigenvalue weighted by molar-refractivity contribution is 8.00. The summed E-state index contributed by atoms with van der Waals surface area (Å²) in [6, 6.07) is 0. The molecular weight excluding hydrogens is 156 g/mol. The molecule has 6 heteroatoms. The third kappa shape index (κ3) is 1.55. The summed E-state index contributed by atoms with van der Waals surface area (Å²) in [7, 11) is 0. The Kier molecular flexibility index (Phi) is 2.29. The molecule has 4 nitrogen and oxygen atoms in total. The second-order valence-electron chi connectivity index (χ2n) is 1.31. The molecule has 0 unspecified atom stereocenters. The van der Waals surface area contributed by atoms with Crippen molar-refractivity contribution in [3.05, 3.63) is 11.6 Å². The van der Waals surface area contributed by atoms with Gasteiger partial charge in [-0.15, -0.1) is 0 Å². The van der Waals surface area contributed by atoms with E-state index in [-0.39, 0.29) is 0 Å². The minimum absolute atomic E-state index is 0.455. The molecule has 0 atom stereocenters. The molecule has 0 aromatic rings. The summed E-state index contributed by atoms with van der Waals surface area (Å²) in [6.45, 7) is 0. The van der Waals surface area contributed by atoms with Gasteiger partial charge in [-0.3, -0.25) is 5.43 Å². The molecule has 1 aliphatic heterocycles. The van der Waals surface area contributed by atoms with Crippen LogP contribution in [0, 0.1) is 0 Å². The number of hydrogen-bond donors (Lipinski definition) is 3. The molecule has 0 fully saturated rings. The Morgan fingerprint density at radius 2 is 2.67 bits per heavy atom. The topological polar surface area (TPSA) is 53.3 Å². The van der Waals surface area contributed by atoms with E-state index < -0.39 is 0 Å². The van der Waals surface area contributed by atoms with Crippen LogP contribution in [0.15, 0.2) is 11.6 Å². The zero-order chi connectivity index (χ0) is 6.69. The van der Waals surface area contributed by atoms with Crippen LogP contribution in [0.1, 0.15) is 0 Å². The highest BCUT2D eigenvalue weighted by Gasteiger charge is 2.06. The van der Waals surface area contributed by atoms with Crippen LogP contribution in [0.25, 0.3) is 0 Å². The molecule has 0 spiro atoms. The number of rotatable bonds is 0. The summed E-state index contributed by atoms with van der Waals surface area (Å²) < 4.78 is 0. The summed E-state index contributed by atoms with van der Waals surface area (Å²) in [6.07, 6.45) is 1.78. The molecule has 0 aromatic carbocycles. The van der Waals surface area contributed by atoms with E-state index in [1.165, 1.54) is 11.9 Å². The molecule has 0 saturated carbocycles. The lowest BCUT2D eigenvalue weighted by molar-refractivity contribution is 0.537. The van der Waals surface area contributed by atoms with Crippen molar-refractivity contribution in [1.82, 2.24) is 15.3 Å². The van der Waals surface area contributed by atoms with Crippen molar-refractivity contribution >= 4 is 29.3 Å². The van der Waals surface area contributed by atoms with E-state index in [1.54, 1.807) is 11.2 Å². The lowest BCUT2D eigenvalue weighted by atomic mass is 10.9. The predicted octanol–water partition coefficient (Wildman–Crippen LogP) is -0.326. The molecule has 0 amide bonds. The predicted molar refractivity (Wildman–Crippen MR) is 41.6 cm³/mol. The van der Waals surface area contributed by atoms with E-state index in [9.17, 15) is 0 Å². The normalized spacial score (nSPS) is 16.3. The van der Waals surface area contributed by atoms with Gasteiger partial charge in [0.15, 0.2) is 0 Å². The Morgan fingerprint density at radius 1 is 1.89 bits per heavy atom. The van der Waals surface area contributed by atoms with Crippen molar-refractivity contribution in [1.29, 1.82) is 0 Å². The molecule has 0 aromatic heterocycles. The van der Waals surface area contributed by atoms with Crippen molar-refractivity contribution in [3.8, 4) is 0 Å². The standard InChI is InChI=1S/C3H6N4S2/c4-5-3(8)7-1-2-9-6-7/h1-2,6H,4H2,(H,5,8). The fraction of sp³-hybridized carbons (Fsp3) is 0. The molecule has 0 bridgehead atoms. The fourth-order valence-electron chi connectivity index (χ4n) is 0.388. The molecule has 1 aliphatic rings. The minimum Gasteiger partial charge on any atom is -0.299 e. The Labute approximate surface area is 62.5 Å². The number of nitrogens with zero attached hydrogens (tertiary/aromatic N) is 1. The molecule has 1 heterocycles. The summed E-state index contributed by atoms with van der Waals surface area (Å²) in [4.78, 5) is 2.86. The van der Waals surface area contributed by atoms with E-state index in [1.807, 2.05) is 5.41 Å². The van der Waals surface area contributed by atoms with Crippen LogP contribution in [-0.4, -0.2) is 10.1 Å². The maximum absolute atomic E-state index is 5.04. The van der Waals surface area contributed by atoms with Gasteiger partial charge in [0.1, 0.15) is 0 Å². The third-order valence-corrected chi connectivity index (χ3v) is 1.65. The largest absolute Gasteiger partial charge is 0.299 e. The molecule has 0 aliphatic carbocycles. The first kappa shape index (κ1) is 6.81. The van der Waals surface area contributed by atoms with Gasteiger partial charge in [0, 0.05) is 11.6 Å². The molecule has 0 radical (unpaired) electrons. The van der Waals surface area contributed by atoms with Crippen LogP contribution in [0.2, 0.25) is 0 Å². The number of nitrogens with one attached hydrogen (secondary N) is 2. The lowest BCUT2D eigenvalue weighted by Crippen LogP contribution is -2.43. The van der Waals surface area contributed by atoms with Gasteiger partial charge in [-0.05, 0) is 24.2 Å². The van der Waals surface area contributed by atoms with Crippen molar-refractivity contribution < 1.29 is 0 Å². The Hall–Kier alpha value is -0.300. The maximum Gasteiger partial charge on any atom is 0.202 e. The van der Waals surface area contributed by atoms with Gasteiger partial charge in [0.05, 0.1) is 0 Å². The molecular formula is C3H6N4S2. The van der Waals surface area contributed by atoms with Gasteiger partial charge in [0.25, 0.3) is 0 Å². The molecule has 0 saturated heterocycles. The van der Waals surface area contributed by atoms with E-state index in [2.05, 4.69) is 10.3 Å². The van der Waals surface area contributed by atoms with Crippen molar-refractivity contribution in [2.75, 3.05) is 0 Å². The SMILES string of the molecule is NNC(=S)N1C=CSN1. The van der Waals surface area contributed by atoms with Gasteiger partial charge in [-0.2, -0.15) is 4.83 Å². The van der Waals surface area contributed by atoms with E-state index in [0.717, 1.165) is 0 Å². The second-order valence-corrected chi connectivity index (χ2v) is 2.39. The van der Waals surface area contributed by atoms with E-state index >= 15 is 0 Å². The van der Waals surface area contributed by atoms with Gasteiger partial charge in [-0.1, -0.05) is 0 Å². The zero-order valence-corrected chi connectivity index (χ0v) is 6.13. The molecule has 9 heavy (non-hydrogen) atoms. The minimum atomic E-state index is 0.455. The number of nitrogens with two attached hydrogens (primary N) is 1. The van der Waals surface area contributed by atoms with Gasteiger partial charge in [-0.25, -0.2) is 10.9 Å². The Bertz CT molecular complexity index is 145. The van der Waals surface area contributed by atoms with E-state index in [4.69, 9.17) is 18.1 Å². The van der Waals surface area contributed by atoms with Crippen LogP contribution in [0.4, 0.5) is 0 Å². The molecule has 50 valence electrons. The summed E-state index contributed by atoms with van der Waals surface area (Å²) in [5.74, 6) is 5.04. The number of hydrazine groups is 2. The van der Waals surface area contributed by atoms with Gasteiger partial charge >= 0.3 is 0 Å². The van der Waals surface area contributed by atoms with Crippen LogP contribution in [0.3, 0.4) is 0 Å². The van der Waals surface area contributed by atoms with Crippen LogP contribution >= 0.6 is 24.2 Å². The first-order chi connectivity index (χ1) is 4.34. The smallest absolute Gasteiger partial charge is 0.202 e. The monoisotopic (exact) mass is 162 g/mol. The first-order valence-corrected chi connectivity index (χ1v) is 3.51. The fourth-order valence-corrected chi connectivity index (χ4v) is 1.06. The molecule has 1 rings (SSSR count). The summed E-state index contributed by atoms with van der Waals surface area (Å²) >= 11 is 6.22. The number of hydrogen-bond acceptors (Lipinski definition) is 4. The quantitative estimate of drug-likeness (QED) is 0.196. The Balaban J connectivity index is 2.43. The van der Waals surface area contributed by atoms with Crippen LogP contribution in [0.5, 0.6) is 0 Å². The summed E-state index contributed by atoms with van der Waals surface area (Å²) in [5, 5.41) is 3.93. The van der Waals surface area contributed by atoms with E-state index in [0.29, 0.717) is 5.11 Å². The number of thiocarbonyl (C=S) groups is 1. The highest BCUT2D eigenvalue weighted by Crippen LogP contribution is 2.06. The lowest BCUT2D eigenvalue weighted by Gasteiger charge is -2.13. The molecule has 4 N–H and O–H groups in total. The van der Waals surface area contributed by atoms with Gasteiger partial charge in [0.2, 0.25) is 5.11 Å².